The number of hydrogen-bond donors (Lipinski definition) is 0. The van der Waals surface area contributed by atoms with Gasteiger partial charge in [0.25, 0.3) is 0 Å². The van der Waals surface area contributed by atoms with Crippen LogP contribution in [0.5, 0.6) is 0 Å². The number of allylic oxidation sites excluding steroid dienone is 1. The van der Waals surface area contributed by atoms with Crippen LogP contribution in [0, 0.1) is 10.8 Å². The van der Waals surface area contributed by atoms with Crippen LogP contribution in [0.1, 0.15) is 59.8 Å². The van der Waals surface area contributed by atoms with Crippen LogP contribution in [0.3, 0.4) is 0 Å². The van der Waals surface area contributed by atoms with Crippen LogP contribution in [0.15, 0.2) is 12.2 Å². The van der Waals surface area contributed by atoms with Crippen molar-refractivity contribution >= 4 is 23.1 Å². The van der Waals surface area contributed by atoms with Crippen molar-refractivity contribution < 1.29 is 19.2 Å². The lowest BCUT2D eigenvalue weighted by molar-refractivity contribution is -0.142. The maximum Gasteiger partial charge on any atom is 0.150 e. The first-order valence-electron chi connectivity index (χ1n) is 7.33. The second-order valence-electron chi connectivity index (χ2n) is 6.32. The van der Waals surface area contributed by atoms with Gasteiger partial charge in [-0.15, -0.1) is 0 Å². The minimum Gasteiger partial charge on any atom is -0.299 e. The molecule has 1 atom stereocenters. The second kappa shape index (κ2) is 6.04. The van der Waals surface area contributed by atoms with E-state index in [9.17, 15) is 19.2 Å². The second-order valence-corrected chi connectivity index (χ2v) is 6.32. The SMILES string of the molecule is C=C(CC(C)(C(C)=O)C(C)=O)C1(C(C)=O)CCCCC1=O. The Morgan fingerprint density at radius 1 is 1.14 bits per heavy atom. The molecule has 1 fully saturated rings. The number of rotatable bonds is 6. The minimum absolute atomic E-state index is 0.0585. The van der Waals surface area contributed by atoms with Crippen molar-refractivity contribution in [1.82, 2.24) is 0 Å². The molecule has 4 heteroatoms. The molecule has 0 aromatic heterocycles. The molecule has 0 N–H and O–H groups in total. The van der Waals surface area contributed by atoms with Crippen molar-refractivity contribution in [2.45, 2.75) is 59.8 Å². The van der Waals surface area contributed by atoms with E-state index in [1.807, 2.05) is 0 Å². The van der Waals surface area contributed by atoms with E-state index in [2.05, 4.69) is 6.58 Å². The van der Waals surface area contributed by atoms with E-state index in [0.29, 0.717) is 18.4 Å². The first-order chi connectivity index (χ1) is 9.59. The normalized spacial score (nSPS) is 22.8. The molecule has 0 aromatic rings. The summed E-state index contributed by atoms with van der Waals surface area (Å²) in [6.45, 7) is 9.60. The van der Waals surface area contributed by atoms with Crippen LogP contribution in [0.2, 0.25) is 0 Å². The highest BCUT2D eigenvalue weighted by molar-refractivity contribution is 6.10. The molecule has 0 saturated heterocycles. The minimum atomic E-state index is -1.21. The van der Waals surface area contributed by atoms with E-state index in [-0.39, 0.29) is 29.6 Å². The van der Waals surface area contributed by atoms with E-state index >= 15 is 0 Å². The predicted molar refractivity (Wildman–Crippen MR) is 79.8 cm³/mol. The predicted octanol–water partition coefficient (Wildman–Crippen LogP) is 2.84. The Bertz CT molecular complexity index is 501. The van der Waals surface area contributed by atoms with Crippen molar-refractivity contribution in [3.63, 3.8) is 0 Å². The number of ketones is 4. The summed E-state index contributed by atoms with van der Waals surface area (Å²) in [7, 11) is 0. The molecule has 0 heterocycles. The zero-order valence-electron chi connectivity index (χ0n) is 13.4. The Kier molecular flexibility index (Phi) is 5.03. The molecule has 1 saturated carbocycles. The van der Waals surface area contributed by atoms with Crippen molar-refractivity contribution in [3.8, 4) is 0 Å². The molecule has 0 amide bonds. The number of hydrogen-bond acceptors (Lipinski definition) is 4. The highest BCUT2D eigenvalue weighted by Gasteiger charge is 2.49. The average molecular weight is 292 g/mol. The maximum atomic E-state index is 12.4. The molecule has 116 valence electrons. The van der Waals surface area contributed by atoms with Crippen LogP contribution in [-0.2, 0) is 19.2 Å². The van der Waals surface area contributed by atoms with Crippen LogP contribution >= 0.6 is 0 Å². The Balaban J connectivity index is 3.20. The first kappa shape index (κ1) is 17.5. The third-order valence-corrected chi connectivity index (χ3v) is 5.01. The Morgan fingerprint density at radius 2 is 1.67 bits per heavy atom. The molecule has 21 heavy (non-hydrogen) atoms. The molecule has 0 bridgehead atoms. The van der Waals surface area contributed by atoms with Gasteiger partial charge in [-0.2, -0.15) is 0 Å². The molecule has 0 aliphatic heterocycles. The largest absolute Gasteiger partial charge is 0.299 e. The molecule has 1 aliphatic rings. The molecule has 0 spiro atoms. The molecule has 4 nitrogen and oxygen atoms in total. The molecule has 1 rings (SSSR count). The van der Waals surface area contributed by atoms with Gasteiger partial charge in [0.15, 0.2) is 0 Å². The van der Waals surface area contributed by atoms with Crippen LogP contribution in [0.4, 0.5) is 0 Å². The zero-order chi connectivity index (χ0) is 16.4. The van der Waals surface area contributed by atoms with E-state index in [0.717, 1.165) is 12.8 Å². The zero-order valence-corrected chi connectivity index (χ0v) is 13.4. The van der Waals surface area contributed by atoms with Crippen molar-refractivity contribution in [3.05, 3.63) is 12.2 Å². The summed E-state index contributed by atoms with van der Waals surface area (Å²) in [5.41, 5.74) is -2.01. The van der Waals surface area contributed by atoms with Gasteiger partial charge in [-0.25, -0.2) is 0 Å². The van der Waals surface area contributed by atoms with E-state index in [1.54, 1.807) is 6.92 Å². The van der Waals surface area contributed by atoms with Crippen molar-refractivity contribution in [2.24, 2.45) is 10.8 Å². The quantitative estimate of drug-likeness (QED) is 0.557. The van der Waals surface area contributed by atoms with E-state index in [4.69, 9.17) is 0 Å². The Labute approximate surface area is 126 Å². The average Bonchev–Trinajstić information content (AvgIpc) is 2.38. The van der Waals surface area contributed by atoms with E-state index < -0.39 is 10.8 Å². The lowest BCUT2D eigenvalue weighted by Crippen LogP contribution is -2.45. The van der Waals surface area contributed by atoms with Crippen molar-refractivity contribution in [1.29, 1.82) is 0 Å². The summed E-state index contributed by atoms with van der Waals surface area (Å²) in [6, 6.07) is 0. The summed E-state index contributed by atoms with van der Waals surface area (Å²) >= 11 is 0. The Hall–Kier alpha value is -1.58. The number of carbonyl (C=O) groups excluding carboxylic acids is 4. The van der Waals surface area contributed by atoms with Gasteiger partial charge in [-0.1, -0.05) is 18.6 Å². The fraction of sp³-hybridized carbons (Fsp3) is 0.647. The molecule has 0 radical (unpaired) electrons. The van der Waals surface area contributed by atoms with Gasteiger partial charge < -0.3 is 0 Å². The monoisotopic (exact) mass is 292 g/mol. The highest BCUT2D eigenvalue weighted by atomic mass is 16.2. The third-order valence-electron chi connectivity index (χ3n) is 5.01. The van der Waals surface area contributed by atoms with E-state index in [1.165, 1.54) is 20.8 Å². The summed E-state index contributed by atoms with van der Waals surface area (Å²) in [6.07, 6.45) is 2.41. The van der Waals surface area contributed by atoms with Gasteiger partial charge in [-0.3, -0.25) is 19.2 Å². The molecule has 0 aromatic carbocycles. The summed E-state index contributed by atoms with van der Waals surface area (Å²) < 4.78 is 0. The number of Topliss-reactive ketones (excluding diaryl/α,β-unsaturated/α-hetero) is 4. The fourth-order valence-corrected chi connectivity index (χ4v) is 3.10. The summed E-state index contributed by atoms with van der Waals surface area (Å²) in [4.78, 5) is 48.2. The standard InChI is InChI=1S/C17H24O4/c1-11(10-16(5,12(2)18)13(3)19)17(14(4)20)9-7-6-8-15(17)21/h1,6-10H2,2-5H3. The maximum absolute atomic E-state index is 12.4. The lowest BCUT2D eigenvalue weighted by Gasteiger charge is -2.38. The lowest BCUT2D eigenvalue weighted by atomic mass is 9.62. The van der Waals surface area contributed by atoms with Gasteiger partial charge >= 0.3 is 0 Å². The fourth-order valence-electron chi connectivity index (χ4n) is 3.10. The van der Waals surface area contributed by atoms with Gasteiger partial charge in [0.05, 0.1) is 5.41 Å². The van der Waals surface area contributed by atoms with Crippen LogP contribution in [-0.4, -0.2) is 23.1 Å². The van der Waals surface area contributed by atoms with Gasteiger partial charge in [0, 0.05) is 6.42 Å². The molecular formula is C17H24O4. The van der Waals surface area contributed by atoms with Crippen LogP contribution in [0.25, 0.3) is 0 Å². The van der Waals surface area contributed by atoms with Crippen molar-refractivity contribution in [2.75, 3.05) is 0 Å². The summed E-state index contributed by atoms with van der Waals surface area (Å²) in [5, 5.41) is 0. The smallest absolute Gasteiger partial charge is 0.150 e. The molecular weight excluding hydrogens is 268 g/mol. The third kappa shape index (κ3) is 2.89. The molecule has 1 aliphatic carbocycles. The Morgan fingerprint density at radius 3 is 2.05 bits per heavy atom. The highest BCUT2D eigenvalue weighted by Crippen LogP contribution is 2.44. The summed E-state index contributed by atoms with van der Waals surface area (Å²) in [5.74, 6) is -0.886. The van der Waals surface area contributed by atoms with Gasteiger partial charge in [0.2, 0.25) is 0 Å². The van der Waals surface area contributed by atoms with Gasteiger partial charge in [-0.05, 0) is 47.0 Å². The van der Waals surface area contributed by atoms with Crippen LogP contribution < -0.4 is 0 Å². The first-order valence-corrected chi connectivity index (χ1v) is 7.33. The number of carbonyl (C=O) groups is 4. The topological polar surface area (TPSA) is 68.3 Å². The molecule has 1 unspecified atom stereocenters. The van der Waals surface area contributed by atoms with Gasteiger partial charge in [0.1, 0.15) is 28.5 Å².